The van der Waals surface area contributed by atoms with E-state index in [0.29, 0.717) is 25.9 Å². The Hall–Kier alpha value is -2.70. The summed E-state index contributed by atoms with van der Waals surface area (Å²) in [5.74, 6) is 0.898. The van der Waals surface area contributed by atoms with E-state index >= 15 is 0 Å². The third kappa shape index (κ3) is 3.66. The first kappa shape index (κ1) is 19.6. The predicted octanol–water partition coefficient (Wildman–Crippen LogP) is 2.80. The molecule has 29 heavy (non-hydrogen) atoms. The van der Waals surface area contributed by atoms with Gasteiger partial charge in [0.15, 0.2) is 0 Å². The van der Waals surface area contributed by atoms with E-state index in [1.165, 1.54) is 0 Å². The average molecular weight is 396 g/mol. The van der Waals surface area contributed by atoms with Crippen LogP contribution in [0, 0.1) is 13.8 Å². The summed E-state index contributed by atoms with van der Waals surface area (Å²) in [6.07, 6.45) is 6.01. The number of carbonyl (C=O) groups is 2. The van der Waals surface area contributed by atoms with E-state index < -0.39 is 5.54 Å². The highest BCUT2D eigenvalue weighted by Gasteiger charge is 2.52. The molecule has 0 aliphatic carbocycles. The maximum atomic E-state index is 13.5. The van der Waals surface area contributed by atoms with Crippen LogP contribution in [0.5, 0.6) is 0 Å². The first-order valence-electron chi connectivity index (χ1n) is 10.4. The first-order valence-corrected chi connectivity index (χ1v) is 10.4. The van der Waals surface area contributed by atoms with Crippen molar-refractivity contribution in [2.45, 2.75) is 64.5 Å². The molecule has 2 aromatic rings. The molecule has 2 saturated heterocycles. The normalized spacial score (nSPS) is 21.9. The molecule has 1 atom stereocenters. The Morgan fingerprint density at radius 1 is 1.21 bits per heavy atom. The van der Waals surface area contributed by atoms with E-state index in [2.05, 4.69) is 10.1 Å². The van der Waals surface area contributed by atoms with Gasteiger partial charge in [0.05, 0.1) is 17.9 Å². The molecule has 1 unspecified atom stereocenters. The summed E-state index contributed by atoms with van der Waals surface area (Å²) < 4.78 is 5.21. The lowest BCUT2D eigenvalue weighted by atomic mass is 9.85. The summed E-state index contributed by atoms with van der Waals surface area (Å²) in [6.45, 7) is 5.65. The predicted molar refractivity (Wildman–Crippen MR) is 107 cm³/mol. The number of piperidine rings is 1. The fraction of sp³-hybridized carbons (Fsp3) is 0.545. The molecular formula is C22H28N4O3. The quantitative estimate of drug-likeness (QED) is 0.776. The van der Waals surface area contributed by atoms with Gasteiger partial charge in [-0.25, -0.2) is 0 Å². The lowest BCUT2D eigenvalue weighted by Crippen LogP contribution is -2.61. The summed E-state index contributed by atoms with van der Waals surface area (Å²) in [5, 5.41) is 3.97. The Morgan fingerprint density at radius 3 is 2.69 bits per heavy atom. The highest BCUT2D eigenvalue weighted by molar-refractivity contribution is 5.92. The van der Waals surface area contributed by atoms with Crippen molar-refractivity contribution in [1.82, 2.24) is 19.9 Å². The van der Waals surface area contributed by atoms with E-state index in [0.717, 1.165) is 54.9 Å². The Labute approximate surface area is 171 Å². The summed E-state index contributed by atoms with van der Waals surface area (Å²) in [4.78, 5) is 34.7. The van der Waals surface area contributed by atoms with Crippen LogP contribution in [-0.2, 0) is 22.6 Å². The van der Waals surface area contributed by atoms with Gasteiger partial charge >= 0.3 is 0 Å². The summed E-state index contributed by atoms with van der Waals surface area (Å²) >= 11 is 0. The van der Waals surface area contributed by atoms with Gasteiger partial charge < -0.3 is 14.3 Å². The summed E-state index contributed by atoms with van der Waals surface area (Å²) in [7, 11) is 0. The summed E-state index contributed by atoms with van der Waals surface area (Å²) in [6, 6.07) is 5.75. The van der Waals surface area contributed by atoms with E-state index in [4.69, 9.17) is 4.52 Å². The lowest BCUT2D eigenvalue weighted by Gasteiger charge is -2.44. The fourth-order valence-corrected chi connectivity index (χ4v) is 4.85. The number of hydrogen-bond donors (Lipinski definition) is 0. The maximum Gasteiger partial charge on any atom is 0.248 e. The smallest absolute Gasteiger partial charge is 0.248 e. The molecule has 2 aromatic heterocycles. The lowest BCUT2D eigenvalue weighted by molar-refractivity contribution is -0.155. The maximum absolute atomic E-state index is 13.5. The molecule has 2 amide bonds. The Kier molecular flexibility index (Phi) is 5.39. The Balaban J connectivity index is 1.48. The molecule has 0 bridgehead atoms. The topological polar surface area (TPSA) is 79.5 Å². The number of carbonyl (C=O) groups excluding carboxylic acids is 2. The van der Waals surface area contributed by atoms with Crippen molar-refractivity contribution in [3.05, 3.63) is 47.1 Å². The molecule has 2 fully saturated rings. The number of aryl methyl sites for hydroxylation is 2. The number of pyridine rings is 1. The van der Waals surface area contributed by atoms with Crippen molar-refractivity contribution in [2.24, 2.45) is 0 Å². The van der Waals surface area contributed by atoms with Crippen molar-refractivity contribution in [3.8, 4) is 0 Å². The first-order chi connectivity index (χ1) is 14.0. The van der Waals surface area contributed by atoms with Crippen molar-refractivity contribution < 1.29 is 14.1 Å². The highest BCUT2D eigenvalue weighted by Crippen LogP contribution is 2.39. The molecule has 2 aliphatic rings. The van der Waals surface area contributed by atoms with Gasteiger partial charge in [0.2, 0.25) is 11.8 Å². The largest absolute Gasteiger partial charge is 0.361 e. The minimum absolute atomic E-state index is 0.0514. The molecule has 0 radical (unpaired) electrons. The van der Waals surface area contributed by atoms with Crippen LogP contribution in [0.25, 0.3) is 0 Å². The van der Waals surface area contributed by atoms with Crippen LogP contribution in [0.3, 0.4) is 0 Å². The zero-order valence-corrected chi connectivity index (χ0v) is 17.2. The SMILES string of the molecule is Cc1noc(C)c1CCC(=O)N1CCCC12CCCN(Cc1ccccn1)C2=O. The van der Waals surface area contributed by atoms with Gasteiger partial charge in [-0.05, 0) is 58.1 Å². The molecule has 0 aromatic carbocycles. The molecule has 1 spiro atoms. The van der Waals surface area contributed by atoms with Gasteiger partial charge in [0, 0.05) is 31.3 Å². The third-order valence-corrected chi connectivity index (χ3v) is 6.34. The van der Waals surface area contributed by atoms with E-state index in [1.807, 2.05) is 41.8 Å². The van der Waals surface area contributed by atoms with Crippen molar-refractivity contribution in [2.75, 3.05) is 13.1 Å². The molecule has 4 rings (SSSR count). The second-order valence-electron chi connectivity index (χ2n) is 8.13. The number of hydrogen-bond acceptors (Lipinski definition) is 5. The second kappa shape index (κ2) is 7.97. The molecule has 2 aliphatic heterocycles. The molecule has 0 saturated carbocycles. The third-order valence-electron chi connectivity index (χ3n) is 6.34. The van der Waals surface area contributed by atoms with E-state index in [1.54, 1.807) is 6.20 Å². The molecule has 4 heterocycles. The van der Waals surface area contributed by atoms with Gasteiger partial charge in [0.1, 0.15) is 11.3 Å². The van der Waals surface area contributed by atoms with Crippen LogP contribution in [0.2, 0.25) is 0 Å². The number of nitrogens with zero attached hydrogens (tertiary/aromatic N) is 4. The van der Waals surface area contributed by atoms with Gasteiger partial charge in [0.25, 0.3) is 0 Å². The van der Waals surface area contributed by atoms with Crippen LogP contribution in [-0.4, -0.2) is 50.4 Å². The van der Waals surface area contributed by atoms with Crippen molar-refractivity contribution >= 4 is 11.8 Å². The summed E-state index contributed by atoms with van der Waals surface area (Å²) in [5.41, 5.74) is 2.04. The van der Waals surface area contributed by atoms with Crippen LogP contribution in [0.15, 0.2) is 28.9 Å². The number of amides is 2. The molecule has 0 N–H and O–H groups in total. The van der Waals surface area contributed by atoms with Crippen LogP contribution < -0.4 is 0 Å². The van der Waals surface area contributed by atoms with E-state index in [-0.39, 0.29) is 11.8 Å². The molecule has 7 nitrogen and oxygen atoms in total. The van der Waals surface area contributed by atoms with E-state index in [9.17, 15) is 9.59 Å². The highest BCUT2D eigenvalue weighted by atomic mass is 16.5. The fourth-order valence-electron chi connectivity index (χ4n) is 4.85. The molecule has 154 valence electrons. The zero-order chi connectivity index (χ0) is 20.4. The Morgan fingerprint density at radius 2 is 2.00 bits per heavy atom. The molecular weight excluding hydrogens is 368 g/mol. The number of rotatable bonds is 5. The standard InChI is InChI=1S/C22H28N4O3/c1-16-19(17(2)29-24-16)8-9-20(27)26-14-6-11-22(26)10-5-13-25(21(22)28)15-18-7-3-4-12-23-18/h3-4,7,12H,5-6,8-11,13-15H2,1-2H3. The number of likely N-dealkylation sites (tertiary alicyclic amines) is 2. The van der Waals surface area contributed by atoms with Crippen molar-refractivity contribution in [1.29, 1.82) is 0 Å². The Bertz CT molecular complexity index is 875. The zero-order valence-electron chi connectivity index (χ0n) is 17.2. The van der Waals surface area contributed by atoms with Gasteiger partial charge in [-0.1, -0.05) is 11.2 Å². The van der Waals surface area contributed by atoms with Gasteiger partial charge in [-0.3, -0.25) is 14.6 Å². The van der Waals surface area contributed by atoms with Crippen LogP contribution >= 0.6 is 0 Å². The second-order valence-corrected chi connectivity index (χ2v) is 8.13. The average Bonchev–Trinajstić information content (AvgIpc) is 3.28. The van der Waals surface area contributed by atoms with Crippen LogP contribution in [0.4, 0.5) is 0 Å². The monoisotopic (exact) mass is 396 g/mol. The molecule has 7 heteroatoms. The number of aromatic nitrogens is 2. The van der Waals surface area contributed by atoms with Crippen molar-refractivity contribution in [3.63, 3.8) is 0 Å². The minimum Gasteiger partial charge on any atom is -0.361 e. The van der Waals surface area contributed by atoms with Gasteiger partial charge in [-0.15, -0.1) is 0 Å². The van der Waals surface area contributed by atoms with Crippen LogP contribution in [0.1, 0.15) is 54.8 Å². The van der Waals surface area contributed by atoms with Gasteiger partial charge in [-0.2, -0.15) is 0 Å². The minimum atomic E-state index is -0.678.